The summed E-state index contributed by atoms with van der Waals surface area (Å²) in [6.07, 6.45) is 3.44. The van der Waals surface area contributed by atoms with E-state index in [4.69, 9.17) is 5.84 Å². The molecule has 7 nitrogen and oxygen atoms in total. The van der Waals surface area contributed by atoms with Crippen LogP contribution in [0.25, 0.3) is 0 Å². The molecule has 1 aromatic heterocycles. The van der Waals surface area contributed by atoms with E-state index in [1.54, 1.807) is 49.1 Å². The van der Waals surface area contributed by atoms with Gasteiger partial charge in [-0.2, -0.15) is 5.10 Å². The van der Waals surface area contributed by atoms with Gasteiger partial charge in [-0.05, 0) is 43.2 Å². The lowest BCUT2D eigenvalue weighted by molar-refractivity contribution is 0.560. The van der Waals surface area contributed by atoms with Crippen LogP contribution in [0.1, 0.15) is 11.1 Å². The number of hydrazine groups is 1. The van der Waals surface area contributed by atoms with Crippen LogP contribution in [0.3, 0.4) is 0 Å². The normalized spacial score (nSPS) is 11.6. The zero-order valence-corrected chi connectivity index (χ0v) is 12.8. The summed E-state index contributed by atoms with van der Waals surface area (Å²) in [5, 5.41) is 4.03. The molecule has 0 unspecified atom stereocenters. The summed E-state index contributed by atoms with van der Waals surface area (Å²) >= 11 is 0. The molecule has 0 spiro atoms. The van der Waals surface area contributed by atoms with E-state index in [0.29, 0.717) is 28.3 Å². The van der Waals surface area contributed by atoms with Gasteiger partial charge in [0.25, 0.3) is 0 Å². The molecular formula is C13H19N5O2S. The summed E-state index contributed by atoms with van der Waals surface area (Å²) in [6.45, 7) is 4.25. The number of nitrogens with two attached hydrogens (primary N) is 1. The van der Waals surface area contributed by atoms with Crippen LogP contribution in [0.2, 0.25) is 0 Å². The zero-order chi connectivity index (χ0) is 15.5. The molecule has 0 saturated carbocycles. The van der Waals surface area contributed by atoms with E-state index in [0.717, 1.165) is 0 Å². The summed E-state index contributed by atoms with van der Waals surface area (Å²) in [5.74, 6) is 5.36. The number of hydrogen-bond acceptors (Lipinski definition) is 5. The molecule has 0 atom stereocenters. The number of sulfonamides is 1. The average molecular weight is 309 g/mol. The summed E-state index contributed by atoms with van der Waals surface area (Å²) < 4.78 is 29.1. The summed E-state index contributed by atoms with van der Waals surface area (Å²) in [6, 6.07) is 5.20. The number of rotatable bonds is 6. The van der Waals surface area contributed by atoms with Gasteiger partial charge in [0.05, 0.1) is 11.4 Å². The Morgan fingerprint density at radius 2 is 1.95 bits per heavy atom. The highest BCUT2D eigenvalue weighted by Gasteiger charge is 2.19. The van der Waals surface area contributed by atoms with Crippen molar-refractivity contribution in [2.75, 3.05) is 12.0 Å². The van der Waals surface area contributed by atoms with E-state index in [2.05, 4.69) is 15.2 Å². The second kappa shape index (κ2) is 6.25. The molecule has 0 aliphatic heterocycles. The minimum Gasteiger partial charge on any atom is -0.324 e. The molecule has 0 aliphatic rings. The minimum atomic E-state index is -3.56. The third-order valence-electron chi connectivity index (χ3n) is 3.09. The van der Waals surface area contributed by atoms with Crippen LogP contribution in [0.5, 0.6) is 0 Å². The maximum Gasteiger partial charge on any atom is 0.241 e. The van der Waals surface area contributed by atoms with Gasteiger partial charge in [0.2, 0.25) is 10.0 Å². The maximum absolute atomic E-state index is 12.4. The fourth-order valence-electron chi connectivity index (χ4n) is 2.26. The number of nitrogen functional groups attached to an aromatic ring is 1. The number of aromatic nitrogens is 2. The lowest BCUT2D eigenvalue weighted by Crippen LogP contribution is -2.28. The van der Waals surface area contributed by atoms with E-state index < -0.39 is 10.0 Å². The smallest absolute Gasteiger partial charge is 0.241 e. The number of aryl methyl sites for hydroxylation is 2. The first-order chi connectivity index (χ1) is 9.94. The van der Waals surface area contributed by atoms with Crippen molar-refractivity contribution in [1.29, 1.82) is 0 Å². The Labute approximate surface area is 124 Å². The summed E-state index contributed by atoms with van der Waals surface area (Å²) in [7, 11) is -3.56. The number of hydrogen-bond donors (Lipinski definition) is 3. The van der Waals surface area contributed by atoms with E-state index in [-0.39, 0.29) is 6.54 Å². The third kappa shape index (κ3) is 3.60. The quantitative estimate of drug-likeness (QED) is 0.540. The Kier molecular flexibility index (Phi) is 4.61. The van der Waals surface area contributed by atoms with Crippen LogP contribution in [0.15, 0.2) is 35.5 Å². The van der Waals surface area contributed by atoms with Gasteiger partial charge in [-0.3, -0.25) is 10.5 Å². The highest BCUT2D eigenvalue weighted by Crippen LogP contribution is 2.23. The molecule has 0 aliphatic carbocycles. The van der Waals surface area contributed by atoms with Gasteiger partial charge in [-0.1, -0.05) is 0 Å². The highest BCUT2D eigenvalue weighted by atomic mass is 32.2. The Bertz CT molecular complexity index is 687. The average Bonchev–Trinajstić information content (AvgIpc) is 2.90. The topological polar surface area (TPSA) is 102 Å². The van der Waals surface area contributed by atoms with Gasteiger partial charge < -0.3 is 5.43 Å². The highest BCUT2D eigenvalue weighted by molar-refractivity contribution is 7.89. The van der Waals surface area contributed by atoms with Crippen LogP contribution in [0.4, 0.5) is 5.69 Å². The Morgan fingerprint density at radius 1 is 1.29 bits per heavy atom. The number of nitrogens with zero attached hydrogens (tertiary/aromatic N) is 2. The van der Waals surface area contributed by atoms with Crippen molar-refractivity contribution in [3.8, 4) is 0 Å². The SMILES string of the molecule is Cc1cc(NN)cc(C)c1S(=O)(=O)NCCn1cccn1. The molecule has 1 aromatic carbocycles. The first kappa shape index (κ1) is 15.5. The third-order valence-corrected chi connectivity index (χ3v) is 4.85. The number of anilines is 1. The van der Waals surface area contributed by atoms with Crippen LogP contribution in [0, 0.1) is 13.8 Å². The number of nitrogens with one attached hydrogen (secondary N) is 2. The fraction of sp³-hybridized carbons (Fsp3) is 0.308. The van der Waals surface area contributed by atoms with E-state index in [1.165, 1.54) is 0 Å². The monoisotopic (exact) mass is 309 g/mol. The molecule has 4 N–H and O–H groups in total. The standard InChI is InChI=1S/C13H19N5O2S/c1-10-8-12(17-14)9-11(2)13(10)21(19,20)16-5-7-18-6-3-4-15-18/h3-4,6,8-9,16-17H,5,7,14H2,1-2H3. The van der Waals surface area contributed by atoms with E-state index in [9.17, 15) is 8.42 Å². The molecule has 2 rings (SSSR count). The molecule has 0 fully saturated rings. The largest absolute Gasteiger partial charge is 0.324 e. The predicted molar refractivity (Wildman–Crippen MR) is 81.1 cm³/mol. The molecule has 8 heteroatoms. The molecule has 114 valence electrons. The van der Waals surface area contributed by atoms with Gasteiger partial charge in [-0.25, -0.2) is 13.1 Å². The maximum atomic E-state index is 12.4. The molecule has 0 bridgehead atoms. The minimum absolute atomic E-state index is 0.278. The molecule has 2 aromatic rings. The zero-order valence-electron chi connectivity index (χ0n) is 12.0. The van der Waals surface area contributed by atoms with Crippen LogP contribution < -0.4 is 16.0 Å². The van der Waals surface area contributed by atoms with Crippen LogP contribution in [-0.4, -0.2) is 24.7 Å². The van der Waals surface area contributed by atoms with Crippen molar-refractivity contribution < 1.29 is 8.42 Å². The van der Waals surface area contributed by atoms with E-state index in [1.807, 2.05) is 0 Å². The van der Waals surface area contributed by atoms with Crippen molar-refractivity contribution in [2.24, 2.45) is 5.84 Å². The lowest BCUT2D eigenvalue weighted by Gasteiger charge is -2.14. The van der Waals surface area contributed by atoms with Gasteiger partial charge in [0, 0.05) is 24.6 Å². The number of benzene rings is 1. The Morgan fingerprint density at radius 3 is 2.48 bits per heavy atom. The molecule has 0 saturated heterocycles. The predicted octanol–water partition coefficient (Wildman–Crippen LogP) is 0.764. The Balaban J connectivity index is 2.15. The first-order valence-electron chi connectivity index (χ1n) is 6.49. The second-order valence-electron chi connectivity index (χ2n) is 4.75. The molecule has 1 heterocycles. The summed E-state index contributed by atoms with van der Waals surface area (Å²) in [5.41, 5.74) is 4.50. The van der Waals surface area contributed by atoms with E-state index >= 15 is 0 Å². The van der Waals surface area contributed by atoms with Crippen molar-refractivity contribution in [2.45, 2.75) is 25.3 Å². The van der Waals surface area contributed by atoms with Gasteiger partial charge in [0.15, 0.2) is 0 Å². The second-order valence-corrected chi connectivity index (χ2v) is 6.45. The van der Waals surface area contributed by atoms with Crippen LogP contribution in [-0.2, 0) is 16.6 Å². The molecule has 0 amide bonds. The van der Waals surface area contributed by atoms with Gasteiger partial charge >= 0.3 is 0 Å². The van der Waals surface area contributed by atoms with Crippen molar-refractivity contribution >= 4 is 15.7 Å². The fourth-order valence-corrected chi connectivity index (χ4v) is 3.73. The first-order valence-corrected chi connectivity index (χ1v) is 7.97. The van der Waals surface area contributed by atoms with Gasteiger partial charge in [0.1, 0.15) is 0 Å². The van der Waals surface area contributed by atoms with Crippen LogP contribution >= 0.6 is 0 Å². The van der Waals surface area contributed by atoms with Crippen molar-refractivity contribution in [3.63, 3.8) is 0 Å². The molecular weight excluding hydrogens is 290 g/mol. The van der Waals surface area contributed by atoms with Gasteiger partial charge in [-0.15, -0.1) is 0 Å². The summed E-state index contributed by atoms with van der Waals surface area (Å²) in [4.78, 5) is 0.293. The lowest BCUT2D eigenvalue weighted by atomic mass is 10.1. The molecule has 0 radical (unpaired) electrons. The molecule has 21 heavy (non-hydrogen) atoms. The van der Waals surface area contributed by atoms with Crippen molar-refractivity contribution in [1.82, 2.24) is 14.5 Å². The van der Waals surface area contributed by atoms with Crippen molar-refractivity contribution in [3.05, 3.63) is 41.7 Å². The Hall–Kier alpha value is -1.90.